The Balaban J connectivity index is 3.12. The Kier molecular flexibility index (Phi) is 5.64. The van der Waals surface area contributed by atoms with Crippen LogP contribution >= 0.6 is 15.9 Å². The van der Waals surface area contributed by atoms with Crippen LogP contribution in [0.25, 0.3) is 0 Å². The van der Waals surface area contributed by atoms with E-state index in [0.29, 0.717) is 6.42 Å². The average molecular weight is 310 g/mol. The van der Waals surface area contributed by atoms with Crippen molar-refractivity contribution in [2.24, 2.45) is 0 Å². The van der Waals surface area contributed by atoms with E-state index in [-0.39, 0.29) is 12.1 Å². The van der Waals surface area contributed by atoms with Crippen molar-refractivity contribution in [2.75, 3.05) is 19.0 Å². The van der Waals surface area contributed by atoms with E-state index >= 15 is 0 Å². The van der Waals surface area contributed by atoms with Crippen LogP contribution in [0, 0.1) is 11.3 Å². The lowest BCUT2D eigenvalue weighted by Gasteiger charge is -2.29. The summed E-state index contributed by atoms with van der Waals surface area (Å²) in [6.45, 7) is 4.20. The predicted molar refractivity (Wildman–Crippen MR) is 79.7 cm³/mol. The van der Waals surface area contributed by atoms with Crippen LogP contribution in [0.15, 0.2) is 22.7 Å². The molecule has 3 nitrogen and oxygen atoms in total. The number of rotatable bonds is 5. The molecular formula is C14H20BrN3. The summed E-state index contributed by atoms with van der Waals surface area (Å²) in [6, 6.07) is 8.99. The number of hydrogen-bond donors (Lipinski definition) is 1. The third-order valence-corrected chi connectivity index (χ3v) is 3.81. The molecular weight excluding hydrogens is 290 g/mol. The molecule has 1 aromatic rings. The quantitative estimate of drug-likeness (QED) is 0.905. The highest BCUT2D eigenvalue weighted by Gasteiger charge is 2.16. The molecule has 0 saturated carbocycles. The maximum Gasteiger partial charge on any atom is 0.0643 e. The first-order valence-electron chi connectivity index (χ1n) is 6.07. The van der Waals surface area contributed by atoms with Gasteiger partial charge in [-0.05, 0) is 38.6 Å². The second kappa shape index (κ2) is 6.77. The van der Waals surface area contributed by atoms with Crippen molar-refractivity contribution >= 4 is 21.6 Å². The van der Waals surface area contributed by atoms with Gasteiger partial charge in [-0.3, -0.25) is 0 Å². The van der Waals surface area contributed by atoms with Crippen LogP contribution in [0.5, 0.6) is 0 Å². The summed E-state index contributed by atoms with van der Waals surface area (Å²) in [5.41, 5.74) is 2.40. The van der Waals surface area contributed by atoms with Crippen molar-refractivity contribution < 1.29 is 0 Å². The zero-order valence-corrected chi connectivity index (χ0v) is 13.0. The van der Waals surface area contributed by atoms with Crippen molar-refractivity contribution in [3.05, 3.63) is 28.2 Å². The Morgan fingerprint density at radius 3 is 2.67 bits per heavy atom. The van der Waals surface area contributed by atoms with Crippen LogP contribution in [-0.4, -0.2) is 20.1 Å². The zero-order valence-electron chi connectivity index (χ0n) is 11.4. The molecule has 0 saturated heterocycles. The number of benzene rings is 1. The summed E-state index contributed by atoms with van der Waals surface area (Å²) in [6.07, 6.45) is 0.524. The van der Waals surface area contributed by atoms with Crippen molar-refractivity contribution in [3.63, 3.8) is 0 Å². The summed E-state index contributed by atoms with van der Waals surface area (Å²) in [5, 5.41) is 12.1. The van der Waals surface area contributed by atoms with Crippen molar-refractivity contribution in [3.8, 4) is 6.07 Å². The van der Waals surface area contributed by atoms with E-state index in [9.17, 15) is 0 Å². The molecule has 0 fully saturated rings. The molecule has 0 aliphatic rings. The van der Waals surface area contributed by atoms with E-state index in [1.807, 2.05) is 14.1 Å². The molecule has 0 aliphatic carbocycles. The molecule has 0 spiro atoms. The standard InChI is InChI=1S/C14H20BrN3/c1-10(7-8-16)18(4)14-9-12(15)5-6-13(14)11(2)17-3/h5-6,9-11,17H,7H2,1-4H3. The number of halogens is 1. The fourth-order valence-electron chi connectivity index (χ4n) is 1.85. The van der Waals surface area contributed by atoms with Crippen LogP contribution in [-0.2, 0) is 0 Å². The topological polar surface area (TPSA) is 39.1 Å². The minimum absolute atomic E-state index is 0.201. The van der Waals surface area contributed by atoms with Gasteiger partial charge in [0.05, 0.1) is 12.5 Å². The molecule has 0 heterocycles. The lowest BCUT2D eigenvalue weighted by atomic mass is 10.0. The number of nitriles is 1. The Labute approximate surface area is 118 Å². The normalized spacial score (nSPS) is 13.8. The highest BCUT2D eigenvalue weighted by molar-refractivity contribution is 9.10. The third kappa shape index (κ3) is 3.47. The van der Waals surface area contributed by atoms with Gasteiger partial charge < -0.3 is 10.2 Å². The van der Waals surface area contributed by atoms with Gasteiger partial charge in [-0.2, -0.15) is 5.26 Å². The summed E-state index contributed by atoms with van der Waals surface area (Å²) in [5.74, 6) is 0. The van der Waals surface area contributed by atoms with Crippen LogP contribution in [0.1, 0.15) is 31.9 Å². The van der Waals surface area contributed by atoms with Gasteiger partial charge in [-0.15, -0.1) is 0 Å². The van der Waals surface area contributed by atoms with E-state index in [1.54, 1.807) is 0 Å². The zero-order chi connectivity index (χ0) is 13.7. The van der Waals surface area contributed by atoms with Crippen molar-refractivity contribution in [1.82, 2.24) is 5.32 Å². The molecule has 0 aliphatic heterocycles. The largest absolute Gasteiger partial charge is 0.371 e. The Morgan fingerprint density at radius 2 is 2.11 bits per heavy atom. The van der Waals surface area contributed by atoms with E-state index in [4.69, 9.17) is 5.26 Å². The number of nitrogens with zero attached hydrogens (tertiary/aromatic N) is 2. The fourth-order valence-corrected chi connectivity index (χ4v) is 2.20. The molecule has 0 amide bonds. The molecule has 1 aromatic carbocycles. The minimum atomic E-state index is 0.201. The van der Waals surface area contributed by atoms with Gasteiger partial charge in [0, 0.05) is 29.3 Å². The predicted octanol–water partition coefficient (Wildman–Crippen LogP) is 3.47. The molecule has 2 atom stereocenters. The minimum Gasteiger partial charge on any atom is -0.371 e. The Hall–Kier alpha value is -1.05. The van der Waals surface area contributed by atoms with Crippen LogP contribution in [0.3, 0.4) is 0 Å². The smallest absolute Gasteiger partial charge is 0.0643 e. The first kappa shape index (κ1) is 15.0. The van der Waals surface area contributed by atoms with Gasteiger partial charge in [0.1, 0.15) is 0 Å². The summed E-state index contributed by atoms with van der Waals surface area (Å²) < 4.78 is 1.06. The molecule has 0 aromatic heterocycles. The maximum atomic E-state index is 8.81. The van der Waals surface area contributed by atoms with Crippen molar-refractivity contribution in [2.45, 2.75) is 32.4 Å². The maximum absolute atomic E-state index is 8.81. The van der Waals surface area contributed by atoms with Crippen LogP contribution < -0.4 is 10.2 Å². The average Bonchev–Trinajstić information content (AvgIpc) is 2.37. The van der Waals surface area contributed by atoms with E-state index in [1.165, 1.54) is 5.56 Å². The van der Waals surface area contributed by atoms with Gasteiger partial charge in [0.15, 0.2) is 0 Å². The van der Waals surface area contributed by atoms with Crippen LogP contribution in [0.2, 0.25) is 0 Å². The first-order chi connectivity index (χ1) is 8.51. The molecule has 1 rings (SSSR count). The summed E-state index contributed by atoms with van der Waals surface area (Å²) in [7, 11) is 3.99. The second-order valence-corrected chi connectivity index (χ2v) is 5.45. The third-order valence-electron chi connectivity index (χ3n) is 3.32. The SMILES string of the molecule is CNC(C)c1ccc(Br)cc1N(C)C(C)CC#N. The molecule has 18 heavy (non-hydrogen) atoms. The van der Waals surface area contributed by atoms with Gasteiger partial charge in [0.25, 0.3) is 0 Å². The molecule has 4 heteroatoms. The second-order valence-electron chi connectivity index (χ2n) is 4.54. The molecule has 98 valence electrons. The lowest BCUT2D eigenvalue weighted by molar-refractivity contribution is 0.638. The van der Waals surface area contributed by atoms with Gasteiger partial charge in [-0.1, -0.05) is 22.0 Å². The van der Waals surface area contributed by atoms with Gasteiger partial charge >= 0.3 is 0 Å². The van der Waals surface area contributed by atoms with Gasteiger partial charge in [0.2, 0.25) is 0 Å². The molecule has 0 radical (unpaired) electrons. The summed E-state index contributed by atoms with van der Waals surface area (Å²) in [4.78, 5) is 2.16. The van der Waals surface area contributed by atoms with Crippen LogP contribution in [0.4, 0.5) is 5.69 Å². The van der Waals surface area contributed by atoms with E-state index in [0.717, 1.165) is 10.2 Å². The first-order valence-corrected chi connectivity index (χ1v) is 6.87. The number of anilines is 1. The Bertz CT molecular complexity index is 439. The monoisotopic (exact) mass is 309 g/mol. The van der Waals surface area contributed by atoms with E-state index < -0.39 is 0 Å². The van der Waals surface area contributed by atoms with Gasteiger partial charge in [-0.25, -0.2) is 0 Å². The molecule has 0 bridgehead atoms. The molecule has 2 unspecified atom stereocenters. The highest BCUT2D eigenvalue weighted by atomic mass is 79.9. The van der Waals surface area contributed by atoms with E-state index in [2.05, 4.69) is 64.3 Å². The highest BCUT2D eigenvalue weighted by Crippen LogP contribution is 2.30. The van der Waals surface area contributed by atoms with Crippen molar-refractivity contribution in [1.29, 1.82) is 5.26 Å². The fraction of sp³-hybridized carbons (Fsp3) is 0.500. The number of hydrogen-bond acceptors (Lipinski definition) is 3. The lowest BCUT2D eigenvalue weighted by Crippen LogP contribution is -2.30. The Morgan fingerprint density at radius 1 is 1.44 bits per heavy atom. The summed E-state index contributed by atoms with van der Waals surface area (Å²) >= 11 is 3.51. The number of nitrogens with one attached hydrogen (secondary N) is 1. The molecule has 1 N–H and O–H groups in total.